The van der Waals surface area contributed by atoms with Crippen LogP contribution in [0.1, 0.15) is 56.9 Å². The normalized spacial score (nSPS) is 12.3. The van der Waals surface area contributed by atoms with E-state index in [4.69, 9.17) is 23.7 Å². The molecule has 0 saturated carbocycles. The van der Waals surface area contributed by atoms with Gasteiger partial charge < -0.3 is 28.8 Å². The molecule has 0 aliphatic heterocycles. The maximum absolute atomic E-state index is 12.1. The zero-order valence-corrected chi connectivity index (χ0v) is 32.8. The number of carboxylic acid groups (broad SMARTS) is 1. The minimum Gasteiger partial charge on any atom is -0.490 e. The third-order valence-electron chi connectivity index (χ3n) is 8.44. The number of aliphatic carboxylic acids is 1. The molecule has 0 aliphatic rings. The van der Waals surface area contributed by atoms with E-state index in [1.807, 2.05) is 106 Å². The van der Waals surface area contributed by atoms with Crippen molar-refractivity contribution < 1.29 is 38.4 Å². The second-order valence-electron chi connectivity index (χ2n) is 12.7. The van der Waals surface area contributed by atoms with Gasteiger partial charge in [0.05, 0.1) is 6.61 Å². The van der Waals surface area contributed by atoms with Crippen LogP contribution in [0.15, 0.2) is 120 Å². The van der Waals surface area contributed by atoms with Crippen molar-refractivity contribution in [3.05, 3.63) is 143 Å². The van der Waals surface area contributed by atoms with E-state index in [1.54, 1.807) is 13.8 Å². The molecule has 0 bridgehead atoms. The van der Waals surface area contributed by atoms with Crippen molar-refractivity contribution in [1.29, 1.82) is 0 Å². The standard InChI is InChI=1S/C48H50O8/c1-6-52-45(47(49)50)33-39-17-25-43(26-18-39)55-31-29-35(4)9-11-37-13-21-41(22-14-37)42-23-15-38(16-24-42)12-10-36(5)30-32-56-44-27-19-40(20-28-44)34-46(53-7-2)48(51)54-8-3/h13-30,45-46H,6-8,31-34H2,1-5H3,(H,49,50)/b35-29+,36-30+/t45-,46-/m0/s1. The van der Waals surface area contributed by atoms with Crippen LogP contribution in [0.25, 0.3) is 11.1 Å². The number of carbonyl (C=O) groups is 2. The lowest BCUT2D eigenvalue weighted by atomic mass is 10.0. The maximum atomic E-state index is 12.1. The Morgan fingerprint density at radius 2 is 1.00 bits per heavy atom. The maximum Gasteiger partial charge on any atom is 0.335 e. The lowest BCUT2D eigenvalue weighted by Gasteiger charge is -2.15. The predicted octanol–water partition coefficient (Wildman–Crippen LogP) is 8.65. The van der Waals surface area contributed by atoms with Gasteiger partial charge in [0.1, 0.15) is 24.7 Å². The van der Waals surface area contributed by atoms with Crippen LogP contribution in [0.4, 0.5) is 0 Å². The van der Waals surface area contributed by atoms with Crippen molar-refractivity contribution in [2.45, 2.75) is 59.7 Å². The average Bonchev–Trinajstić information content (AvgIpc) is 3.20. The molecule has 1 N–H and O–H groups in total. The largest absolute Gasteiger partial charge is 0.490 e. The van der Waals surface area contributed by atoms with Gasteiger partial charge in [-0.1, -0.05) is 72.2 Å². The number of ether oxygens (including phenoxy) is 5. The Hall–Kier alpha value is -6.06. The first kappa shape index (κ1) is 42.7. The molecule has 4 aromatic carbocycles. The molecule has 0 amide bonds. The fourth-order valence-electron chi connectivity index (χ4n) is 5.40. The second-order valence-corrected chi connectivity index (χ2v) is 12.7. The number of hydrogen-bond donors (Lipinski definition) is 1. The molecular weight excluding hydrogens is 705 g/mol. The van der Waals surface area contributed by atoms with E-state index in [0.717, 1.165) is 50.3 Å². The number of hydrogen-bond acceptors (Lipinski definition) is 7. The van der Waals surface area contributed by atoms with Crippen molar-refractivity contribution in [2.24, 2.45) is 0 Å². The van der Waals surface area contributed by atoms with Crippen molar-refractivity contribution in [3.8, 4) is 46.3 Å². The number of esters is 1. The summed E-state index contributed by atoms with van der Waals surface area (Å²) in [7, 11) is 0. The molecule has 0 fully saturated rings. The Morgan fingerprint density at radius 1 is 0.589 bits per heavy atom. The molecule has 0 heterocycles. The molecule has 0 radical (unpaired) electrons. The second kappa shape index (κ2) is 23.0. The van der Waals surface area contributed by atoms with Gasteiger partial charge in [-0.05, 0) is 129 Å². The zero-order chi connectivity index (χ0) is 40.1. The van der Waals surface area contributed by atoms with Crippen LogP contribution >= 0.6 is 0 Å². The van der Waals surface area contributed by atoms with Crippen LogP contribution in [-0.2, 0) is 36.6 Å². The number of benzene rings is 4. The van der Waals surface area contributed by atoms with Gasteiger partial charge in [-0.2, -0.15) is 0 Å². The minimum absolute atomic E-state index is 0.302. The summed E-state index contributed by atoms with van der Waals surface area (Å²) >= 11 is 0. The lowest BCUT2D eigenvalue weighted by Crippen LogP contribution is -2.28. The van der Waals surface area contributed by atoms with Gasteiger partial charge in [0, 0.05) is 37.2 Å². The highest BCUT2D eigenvalue weighted by atomic mass is 16.6. The Labute approximate surface area is 331 Å². The molecule has 56 heavy (non-hydrogen) atoms. The fraction of sp³-hybridized carbons (Fsp3) is 0.292. The van der Waals surface area contributed by atoms with Gasteiger partial charge >= 0.3 is 11.9 Å². The molecule has 4 rings (SSSR count). The fourth-order valence-corrected chi connectivity index (χ4v) is 5.40. The number of carboxylic acids is 1. The summed E-state index contributed by atoms with van der Waals surface area (Å²) in [5, 5.41) is 9.29. The van der Waals surface area contributed by atoms with Crippen molar-refractivity contribution in [1.82, 2.24) is 0 Å². The van der Waals surface area contributed by atoms with E-state index in [1.165, 1.54) is 0 Å². The van der Waals surface area contributed by atoms with Crippen LogP contribution in [0, 0.1) is 23.7 Å². The molecule has 8 nitrogen and oxygen atoms in total. The molecule has 2 atom stereocenters. The monoisotopic (exact) mass is 754 g/mol. The molecule has 0 spiro atoms. The Bertz CT molecular complexity index is 2040. The van der Waals surface area contributed by atoms with Crippen molar-refractivity contribution in [2.75, 3.05) is 33.0 Å². The van der Waals surface area contributed by atoms with Gasteiger partial charge in [-0.3, -0.25) is 0 Å². The van der Waals surface area contributed by atoms with E-state index >= 15 is 0 Å². The molecule has 8 heteroatoms. The molecule has 0 aliphatic carbocycles. The molecule has 0 saturated heterocycles. The highest BCUT2D eigenvalue weighted by Gasteiger charge is 2.20. The van der Waals surface area contributed by atoms with Crippen molar-refractivity contribution in [3.63, 3.8) is 0 Å². The number of carbonyl (C=O) groups excluding carboxylic acids is 1. The van der Waals surface area contributed by atoms with Gasteiger partial charge in [-0.25, -0.2) is 9.59 Å². The van der Waals surface area contributed by atoms with Crippen LogP contribution in [-0.4, -0.2) is 62.3 Å². The van der Waals surface area contributed by atoms with E-state index in [0.29, 0.717) is 51.6 Å². The molecule has 290 valence electrons. The van der Waals surface area contributed by atoms with Crippen LogP contribution in [0.3, 0.4) is 0 Å². The smallest absolute Gasteiger partial charge is 0.335 e. The topological polar surface area (TPSA) is 101 Å². The molecule has 0 aromatic heterocycles. The molecule has 0 unspecified atom stereocenters. The van der Waals surface area contributed by atoms with E-state index in [2.05, 4.69) is 47.9 Å². The zero-order valence-electron chi connectivity index (χ0n) is 32.8. The molecular formula is C48H50O8. The van der Waals surface area contributed by atoms with E-state index < -0.39 is 18.2 Å². The van der Waals surface area contributed by atoms with Gasteiger partial charge in [0.2, 0.25) is 0 Å². The highest BCUT2D eigenvalue weighted by Crippen LogP contribution is 2.21. The summed E-state index contributed by atoms with van der Waals surface area (Å²) in [4.78, 5) is 23.5. The summed E-state index contributed by atoms with van der Waals surface area (Å²) in [6.45, 7) is 11.2. The minimum atomic E-state index is -0.967. The van der Waals surface area contributed by atoms with Crippen LogP contribution in [0.5, 0.6) is 11.5 Å². The SMILES string of the molecule is CCOC(=O)[C@H](Cc1ccc(OC/C=C(\C)C#Cc2ccc(-c3ccc(C#C/C(C)=C/COc4ccc(C[C@H](OCC)C(=O)O)cc4)cc3)cc2)cc1)OCC. The third kappa shape index (κ3) is 14.6. The summed E-state index contributed by atoms with van der Waals surface area (Å²) in [5.74, 6) is 12.9. The highest BCUT2D eigenvalue weighted by molar-refractivity contribution is 5.75. The summed E-state index contributed by atoms with van der Waals surface area (Å²) in [5.41, 5.74) is 7.66. The Kier molecular flexibility index (Phi) is 17.5. The average molecular weight is 755 g/mol. The Balaban J connectivity index is 1.22. The summed E-state index contributed by atoms with van der Waals surface area (Å²) in [6, 6.07) is 31.3. The lowest BCUT2D eigenvalue weighted by molar-refractivity contribution is -0.156. The van der Waals surface area contributed by atoms with Crippen LogP contribution < -0.4 is 9.47 Å². The molecule has 4 aromatic rings. The number of allylic oxidation sites excluding steroid dienone is 2. The van der Waals surface area contributed by atoms with E-state index in [9.17, 15) is 14.7 Å². The van der Waals surface area contributed by atoms with Crippen molar-refractivity contribution >= 4 is 11.9 Å². The quantitative estimate of drug-likeness (QED) is 0.0797. The third-order valence-corrected chi connectivity index (χ3v) is 8.44. The van der Waals surface area contributed by atoms with Gasteiger partial charge in [0.25, 0.3) is 0 Å². The first-order valence-electron chi connectivity index (χ1n) is 18.8. The first-order chi connectivity index (χ1) is 27.2. The Morgan fingerprint density at radius 3 is 1.39 bits per heavy atom. The summed E-state index contributed by atoms with van der Waals surface area (Å²) < 4.78 is 27.7. The predicted molar refractivity (Wildman–Crippen MR) is 220 cm³/mol. The first-order valence-corrected chi connectivity index (χ1v) is 18.8. The van der Waals surface area contributed by atoms with E-state index in [-0.39, 0.29) is 5.97 Å². The van der Waals surface area contributed by atoms with Gasteiger partial charge in [0.15, 0.2) is 12.2 Å². The van der Waals surface area contributed by atoms with Gasteiger partial charge in [-0.15, -0.1) is 0 Å². The number of rotatable bonds is 18. The van der Waals surface area contributed by atoms with Crippen LogP contribution in [0.2, 0.25) is 0 Å². The summed E-state index contributed by atoms with van der Waals surface area (Å²) in [6.07, 6.45) is 3.14.